The van der Waals surface area contributed by atoms with E-state index < -0.39 is 12.1 Å². The van der Waals surface area contributed by atoms with Gasteiger partial charge in [-0.25, -0.2) is 4.98 Å². The normalized spacial score (nSPS) is 22.6. The molecule has 0 spiro atoms. The zero-order valence-corrected chi connectivity index (χ0v) is 13.9. The van der Waals surface area contributed by atoms with Crippen molar-refractivity contribution in [2.75, 3.05) is 19.6 Å². The van der Waals surface area contributed by atoms with E-state index in [-0.39, 0.29) is 30.0 Å². The number of carbonyl (C=O) groups is 3. The zero-order chi connectivity index (χ0) is 18.1. The van der Waals surface area contributed by atoms with Gasteiger partial charge in [0.15, 0.2) is 0 Å². The van der Waals surface area contributed by atoms with Crippen molar-refractivity contribution in [3.05, 3.63) is 60.2 Å². The highest BCUT2D eigenvalue weighted by atomic mass is 16.2. The molecule has 3 amide bonds. The molecule has 8 nitrogen and oxygen atoms in total. The summed E-state index contributed by atoms with van der Waals surface area (Å²) in [5.74, 6) is -0.689. The maximum Gasteiger partial charge on any atom is 0.274 e. The van der Waals surface area contributed by atoms with Gasteiger partial charge < -0.3 is 15.1 Å². The second-order valence-corrected chi connectivity index (χ2v) is 6.24. The Labute approximate surface area is 149 Å². The summed E-state index contributed by atoms with van der Waals surface area (Å²) < 4.78 is 0. The Hall–Kier alpha value is -3.29. The van der Waals surface area contributed by atoms with Gasteiger partial charge in [0.1, 0.15) is 17.8 Å². The van der Waals surface area contributed by atoms with Crippen LogP contribution in [0.1, 0.15) is 22.1 Å². The van der Waals surface area contributed by atoms with Crippen molar-refractivity contribution in [1.82, 2.24) is 25.1 Å². The molecule has 0 unspecified atom stereocenters. The molecule has 26 heavy (non-hydrogen) atoms. The zero-order valence-electron chi connectivity index (χ0n) is 13.9. The van der Waals surface area contributed by atoms with Gasteiger partial charge in [-0.05, 0) is 5.56 Å². The van der Waals surface area contributed by atoms with Gasteiger partial charge in [-0.15, -0.1) is 0 Å². The molecule has 1 aromatic carbocycles. The van der Waals surface area contributed by atoms with E-state index in [4.69, 9.17) is 0 Å². The highest BCUT2D eigenvalue weighted by Gasteiger charge is 2.44. The van der Waals surface area contributed by atoms with Crippen LogP contribution in [0.25, 0.3) is 0 Å². The van der Waals surface area contributed by atoms with Crippen LogP contribution < -0.4 is 5.32 Å². The molecule has 8 heteroatoms. The minimum atomic E-state index is -0.683. The van der Waals surface area contributed by atoms with E-state index >= 15 is 0 Å². The number of fused-ring (bicyclic) bond motifs is 1. The molecule has 0 saturated carbocycles. The lowest BCUT2D eigenvalue weighted by Crippen LogP contribution is -2.67. The molecule has 0 bridgehead atoms. The maximum absolute atomic E-state index is 12.8. The number of benzene rings is 1. The van der Waals surface area contributed by atoms with E-state index in [2.05, 4.69) is 15.3 Å². The monoisotopic (exact) mass is 351 g/mol. The van der Waals surface area contributed by atoms with Crippen molar-refractivity contribution in [3.8, 4) is 0 Å². The highest BCUT2D eigenvalue weighted by molar-refractivity contribution is 5.99. The third-order valence-electron chi connectivity index (χ3n) is 4.70. The minimum Gasteiger partial charge on any atom is -0.339 e. The lowest BCUT2D eigenvalue weighted by atomic mass is 9.98. The summed E-state index contributed by atoms with van der Waals surface area (Å²) in [6.07, 6.45) is 4.34. The van der Waals surface area contributed by atoms with Crippen molar-refractivity contribution >= 4 is 17.7 Å². The number of nitrogens with zero attached hydrogens (tertiary/aromatic N) is 4. The van der Waals surface area contributed by atoms with Crippen molar-refractivity contribution in [2.45, 2.75) is 12.1 Å². The quantitative estimate of drug-likeness (QED) is 0.822. The largest absolute Gasteiger partial charge is 0.339 e. The van der Waals surface area contributed by atoms with Gasteiger partial charge in [0.25, 0.3) is 11.8 Å². The second-order valence-electron chi connectivity index (χ2n) is 6.24. The fourth-order valence-corrected chi connectivity index (χ4v) is 3.36. The van der Waals surface area contributed by atoms with Gasteiger partial charge in [0, 0.05) is 25.5 Å². The summed E-state index contributed by atoms with van der Waals surface area (Å²) in [6, 6.07) is 7.79. The number of aromatic nitrogens is 2. The molecule has 2 fully saturated rings. The summed E-state index contributed by atoms with van der Waals surface area (Å²) >= 11 is 0. The van der Waals surface area contributed by atoms with Gasteiger partial charge >= 0.3 is 0 Å². The van der Waals surface area contributed by atoms with Crippen LogP contribution in [0.2, 0.25) is 0 Å². The first-order valence-electron chi connectivity index (χ1n) is 8.36. The Morgan fingerprint density at radius 2 is 1.92 bits per heavy atom. The van der Waals surface area contributed by atoms with Crippen LogP contribution in [-0.4, -0.2) is 63.2 Å². The number of rotatable bonds is 2. The molecular formula is C18H17N5O3. The van der Waals surface area contributed by atoms with Gasteiger partial charge in [0.2, 0.25) is 5.91 Å². The maximum atomic E-state index is 12.8. The summed E-state index contributed by atoms with van der Waals surface area (Å²) in [7, 11) is 0. The van der Waals surface area contributed by atoms with Crippen LogP contribution in [0.15, 0.2) is 48.9 Å². The fraction of sp³-hybridized carbons (Fsp3) is 0.278. The van der Waals surface area contributed by atoms with Crippen molar-refractivity contribution in [2.24, 2.45) is 0 Å². The molecule has 132 valence electrons. The first-order chi connectivity index (χ1) is 12.6. The van der Waals surface area contributed by atoms with Crippen LogP contribution in [0.5, 0.6) is 0 Å². The number of carbonyl (C=O) groups excluding carboxylic acids is 3. The first-order valence-corrected chi connectivity index (χ1v) is 8.36. The SMILES string of the molecule is O=C1N[C@@H](c2ccccc2)C(=O)N2CCN(C(=O)c3cnccn3)C[C@@H]12. The number of piperazine rings is 2. The first kappa shape index (κ1) is 16.2. The predicted molar refractivity (Wildman–Crippen MR) is 90.8 cm³/mol. The van der Waals surface area contributed by atoms with E-state index in [1.807, 2.05) is 30.3 Å². The number of hydrogen-bond acceptors (Lipinski definition) is 5. The van der Waals surface area contributed by atoms with Crippen LogP contribution >= 0.6 is 0 Å². The van der Waals surface area contributed by atoms with E-state index in [1.54, 1.807) is 9.80 Å². The van der Waals surface area contributed by atoms with Gasteiger partial charge in [-0.1, -0.05) is 30.3 Å². The Morgan fingerprint density at radius 3 is 2.65 bits per heavy atom. The molecule has 0 aliphatic carbocycles. The number of hydrogen-bond donors (Lipinski definition) is 1. The second kappa shape index (κ2) is 6.55. The van der Waals surface area contributed by atoms with Crippen molar-refractivity contribution in [3.63, 3.8) is 0 Å². The third kappa shape index (κ3) is 2.79. The molecule has 1 N–H and O–H groups in total. The molecule has 1 aromatic heterocycles. The number of amides is 3. The minimum absolute atomic E-state index is 0.146. The molecule has 0 radical (unpaired) electrons. The molecule has 3 heterocycles. The Morgan fingerprint density at radius 1 is 1.12 bits per heavy atom. The lowest BCUT2D eigenvalue weighted by Gasteiger charge is -2.45. The standard InChI is InChI=1S/C18H17N5O3/c24-16-14-11-22(17(25)13-10-19-6-7-20-13)8-9-23(14)18(26)15(21-16)12-4-2-1-3-5-12/h1-7,10,14-15H,8-9,11H2,(H,21,24)/t14-,15-/m0/s1. The summed E-state index contributed by atoms with van der Waals surface area (Å²) in [6.45, 7) is 0.813. The molecule has 4 rings (SSSR count). The molecule has 2 atom stereocenters. The molecule has 2 aromatic rings. The summed E-state index contributed by atoms with van der Waals surface area (Å²) in [4.78, 5) is 49.0. The van der Waals surface area contributed by atoms with Crippen LogP contribution in [-0.2, 0) is 9.59 Å². The lowest BCUT2D eigenvalue weighted by molar-refractivity contribution is -0.152. The predicted octanol–water partition coefficient (Wildman–Crippen LogP) is 0.000700. The molecule has 2 aliphatic rings. The van der Waals surface area contributed by atoms with Crippen LogP contribution in [0.3, 0.4) is 0 Å². The molecule has 2 saturated heterocycles. The Bertz CT molecular complexity index is 842. The van der Waals surface area contributed by atoms with Crippen molar-refractivity contribution in [1.29, 1.82) is 0 Å². The van der Waals surface area contributed by atoms with E-state index in [0.717, 1.165) is 5.56 Å². The van der Waals surface area contributed by atoms with Gasteiger partial charge in [-0.3, -0.25) is 19.4 Å². The van der Waals surface area contributed by atoms with Gasteiger partial charge in [0.05, 0.1) is 12.7 Å². The van der Waals surface area contributed by atoms with Crippen LogP contribution in [0, 0.1) is 0 Å². The molecular weight excluding hydrogens is 334 g/mol. The number of nitrogens with one attached hydrogen (secondary N) is 1. The van der Waals surface area contributed by atoms with Crippen molar-refractivity contribution < 1.29 is 14.4 Å². The van der Waals surface area contributed by atoms with E-state index in [1.165, 1.54) is 18.6 Å². The molecule has 2 aliphatic heterocycles. The Kier molecular flexibility index (Phi) is 4.08. The smallest absolute Gasteiger partial charge is 0.274 e. The summed E-state index contributed by atoms with van der Waals surface area (Å²) in [5.41, 5.74) is 0.980. The highest BCUT2D eigenvalue weighted by Crippen LogP contribution is 2.25. The van der Waals surface area contributed by atoms with Crippen LogP contribution in [0.4, 0.5) is 0 Å². The third-order valence-corrected chi connectivity index (χ3v) is 4.70. The fourth-order valence-electron chi connectivity index (χ4n) is 3.36. The van der Waals surface area contributed by atoms with E-state index in [9.17, 15) is 14.4 Å². The summed E-state index contributed by atoms with van der Waals surface area (Å²) in [5, 5.41) is 2.78. The topological polar surface area (TPSA) is 95.5 Å². The Balaban J connectivity index is 1.52. The average Bonchev–Trinajstić information content (AvgIpc) is 2.71. The van der Waals surface area contributed by atoms with Gasteiger partial charge in [-0.2, -0.15) is 0 Å². The van der Waals surface area contributed by atoms with E-state index in [0.29, 0.717) is 13.1 Å². The average molecular weight is 351 g/mol.